The van der Waals surface area contributed by atoms with E-state index in [0.717, 1.165) is 52.0 Å². The molecule has 0 aliphatic carbocycles. The monoisotopic (exact) mass is 358 g/mol. The number of nitrogens with one attached hydrogen (secondary N) is 1. The normalized spacial score (nSPS) is 20.9. The number of carbonyl (C=O) groups excluding carboxylic acids is 1. The Morgan fingerprint density at radius 1 is 1.15 bits per heavy atom. The van der Waals surface area contributed by atoms with Crippen molar-refractivity contribution < 1.29 is 9.53 Å². The van der Waals surface area contributed by atoms with E-state index in [9.17, 15) is 4.79 Å². The zero-order valence-corrected chi connectivity index (χ0v) is 16.2. The summed E-state index contributed by atoms with van der Waals surface area (Å²) in [5, 5.41) is 3.41. The maximum Gasteiger partial charge on any atom is 0.222 e. The van der Waals surface area contributed by atoms with Crippen LogP contribution in [0.25, 0.3) is 0 Å². The van der Waals surface area contributed by atoms with Gasteiger partial charge in [-0.25, -0.2) is 0 Å². The Balaban J connectivity index is 1.33. The Labute approximate surface area is 158 Å². The van der Waals surface area contributed by atoms with Crippen LogP contribution in [0.15, 0.2) is 30.3 Å². The second-order valence-corrected chi connectivity index (χ2v) is 7.96. The first-order valence-electron chi connectivity index (χ1n) is 10.4. The Hall–Kier alpha value is -1.39. The van der Waals surface area contributed by atoms with Crippen molar-refractivity contribution in [2.24, 2.45) is 11.8 Å². The minimum absolute atomic E-state index is 0.310. The van der Waals surface area contributed by atoms with Crippen LogP contribution in [0.1, 0.15) is 44.6 Å². The average molecular weight is 359 g/mol. The molecular formula is C22H34N2O2. The largest absolute Gasteiger partial charge is 0.378 e. The summed E-state index contributed by atoms with van der Waals surface area (Å²) in [5.74, 6) is 1.56. The zero-order valence-electron chi connectivity index (χ0n) is 16.2. The summed E-state index contributed by atoms with van der Waals surface area (Å²) in [6.07, 6.45) is 6.37. The number of amides is 1. The minimum atomic E-state index is 0.310. The summed E-state index contributed by atoms with van der Waals surface area (Å²) in [7, 11) is 0. The van der Waals surface area contributed by atoms with Crippen LogP contribution in [0.2, 0.25) is 0 Å². The molecule has 26 heavy (non-hydrogen) atoms. The van der Waals surface area contributed by atoms with Gasteiger partial charge in [0.2, 0.25) is 5.91 Å². The molecule has 2 fully saturated rings. The van der Waals surface area contributed by atoms with Gasteiger partial charge in [-0.05, 0) is 62.6 Å². The van der Waals surface area contributed by atoms with E-state index in [0.29, 0.717) is 30.3 Å². The van der Waals surface area contributed by atoms with Gasteiger partial charge in [-0.1, -0.05) is 37.3 Å². The molecule has 1 amide bonds. The van der Waals surface area contributed by atoms with E-state index in [2.05, 4.69) is 41.4 Å². The molecule has 1 N–H and O–H groups in total. The smallest absolute Gasteiger partial charge is 0.222 e. The first-order valence-corrected chi connectivity index (χ1v) is 10.4. The molecule has 144 valence electrons. The van der Waals surface area contributed by atoms with Gasteiger partial charge in [0.25, 0.3) is 0 Å². The summed E-state index contributed by atoms with van der Waals surface area (Å²) in [6, 6.07) is 10.5. The van der Waals surface area contributed by atoms with Gasteiger partial charge < -0.3 is 15.0 Å². The minimum Gasteiger partial charge on any atom is -0.378 e. The van der Waals surface area contributed by atoms with E-state index >= 15 is 0 Å². The summed E-state index contributed by atoms with van der Waals surface area (Å²) < 4.78 is 6.05. The fraction of sp³-hybridized carbons (Fsp3) is 0.682. The molecule has 0 bridgehead atoms. The van der Waals surface area contributed by atoms with Crippen molar-refractivity contribution in [3.63, 3.8) is 0 Å². The van der Waals surface area contributed by atoms with E-state index in [1.54, 1.807) is 0 Å². The lowest BCUT2D eigenvalue weighted by Gasteiger charge is -2.34. The highest BCUT2D eigenvalue weighted by atomic mass is 16.5. The van der Waals surface area contributed by atoms with Crippen LogP contribution in [0.4, 0.5) is 0 Å². The molecule has 1 aromatic rings. The molecular weight excluding hydrogens is 324 g/mol. The number of rotatable bonds is 7. The quantitative estimate of drug-likeness (QED) is 0.813. The van der Waals surface area contributed by atoms with Gasteiger partial charge >= 0.3 is 0 Å². The topological polar surface area (TPSA) is 41.6 Å². The Kier molecular flexibility index (Phi) is 7.51. The second-order valence-electron chi connectivity index (χ2n) is 7.96. The van der Waals surface area contributed by atoms with Crippen molar-refractivity contribution >= 4 is 5.91 Å². The van der Waals surface area contributed by atoms with Gasteiger partial charge in [-0.2, -0.15) is 0 Å². The van der Waals surface area contributed by atoms with E-state index in [1.807, 2.05) is 6.07 Å². The zero-order chi connectivity index (χ0) is 18.2. The Morgan fingerprint density at radius 2 is 1.85 bits per heavy atom. The molecule has 4 nitrogen and oxygen atoms in total. The molecule has 1 unspecified atom stereocenters. The van der Waals surface area contributed by atoms with Gasteiger partial charge in [0.05, 0.1) is 12.7 Å². The fourth-order valence-electron chi connectivity index (χ4n) is 4.24. The van der Waals surface area contributed by atoms with E-state index in [1.165, 1.54) is 18.4 Å². The summed E-state index contributed by atoms with van der Waals surface area (Å²) in [6.45, 7) is 6.95. The Morgan fingerprint density at radius 3 is 2.54 bits per heavy atom. The number of likely N-dealkylation sites (tertiary alicyclic amines) is 1. The number of nitrogens with zero attached hydrogens (tertiary/aromatic N) is 1. The molecule has 3 rings (SSSR count). The van der Waals surface area contributed by atoms with E-state index in [-0.39, 0.29) is 0 Å². The predicted molar refractivity (Wildman–Crippen MR) is 105 cm³/mol. The van der Waals surface area contributed by atoms with Crippen LogP contribution in [-0.2, 0) is 16.0 Å². The molecule has 2 saturated heterocycles. The average Bonchev–Trinajstić information content (AvgIpc) is 2.70. The van der Waals surface area contributed by atoms with Crippen molar-refractivity contribution in [1.29, 1.82) is 0 Å². The molecule has 0 radical (unpaired) electrons. The number of piperidine rings is 2. The summed E-state index contributed by atoms with van der Waals surface area (Å²) >= 11 is 0. The van der Waals surface area contributed by atoms with Crippen molar-refractivity contribution in [3.05, 3.63) is 35.9 Å². The number of hydrogen-bond donors (Lipinski definition) is 1. The van der Waals surface area contributed by atoms with Crippen molar-refractivity contribution in [2.45, 2.75) is 51.6 Å². The SMILES string of the molecule is CC(CC(=O)N1CCC(OCCc2ccccc2)CC1)C1CCNCC1. The van der Waals surface area contributed by atoms with Gasteiger partial charge in [-0.3, -0.25) is 4.79 Å². The second kappa shape index (κ2) is 10.1. The highest BCUT2D eigenvalue weighted by Gasteiger charge is 2.27. The first-order chi connectivity index (χ1) is 12.7. The molecule has 0 spiro atoms. The van der Waals surface area contributed by atoms with Gasteiger partial charge in [-0.15, -0.1) is 0 Å². The van der Waals surface area contributed by atoms with Crippen LogP contribution in [-0.4, -0.2) is 49.7 Å². The molecule has 4 heteroatoms. The highest BCUT2D eigenvalue weighted by Crippen LogP contribution is 2.25. The van der Waals surface area contributed by atoms with Crippen molar-refractivity contribution in [3.8, 4) is 0 Å². The van der Waals surface area contributed by atoms with Crippen LogP contribution in [0.3, 0.4) is 0 Å². The summed E-state index contributed by atoms with van der Waals surface area (Å²) in [5.41, 5.74) is 1.33. The van der Waals surface area contributed by atoms with Gasteiger partial charge in [0, 0.05) is 19.5 Å². The number of ether oxygens (including phenoxy) is 1. The third-order valence-corrected chi connectivity index (χ3v) is 6.07. The molecule has 2 aliphatic heterocycles. The van der Waals surface area contributed by atoms with E-state index < -0.39 is 0 Å². The van der Waals surface area contributed by atoms with Gasteiger partial charge in [0.1, 0.15) is 0 Å². The third kappa shape index (κ3) is 5.82. The predicted octanol–water partition coefficient (Wildman–Crippen LogP) is 3.26. The Bertz CT molecular complexity index is 534. The van der Waals surface area contributed by atoms with Crippen molar-refractivity contribution in [2.75, 3.05) is 32.8 Å². The highest BCUT2D eigenvalue weighted by molar-refractivity contribution is 5.76. The molecule has 1 aromatic carbocycles. The first kappa shape index (κ1) is 19.4. The molecule has 2 heterocycles. The number of benzene rings is 1. The van der Waals surface area contributed by atoms with Crippen LogP contribution < -0.4 is 5.32 Å². The summed E-state index contributed by atoms with van der Waals surface area (Å²) in [4.78, 5) is 14.7. The maximum atomic E-state index is 12.6. The molecule has 2 aliphatic rings. The number of hydrogen-bond acceptors (Lipinski definition) is 3. The maximum absolute atomic E-state index is 12.6. The lowest BCUT2D eigenvalue weighted by molar-refractivity contribution is -0.135. The van der Waals surface area contributed by atoms with Crippen LogP contribution in [0, 0.1) is 11.8 Å². The van der Waals surface area contributed by atoms with Crippen LogP contribution >= 0.6 is 0 Å². The van der Waals surface area contributed by atoms with Crippen molar-refractivity contribution in [1.82, 2.24) is 10.2 Å². The van der Waals surface area contributed by atoms with Gasteiger partial charge in [0.15, 0.2) is 0 Å². The standard InChI is InChI=1S/C22H34N2O2/c1-18(20-7-12-23-13-8-20)17-22(25)24-14-9-21(10-15-24)26-16-11-19-5-3-2-4-6-19/h2-6,18,20-21,23H,7-17H2,1H3. The van der Waals surface area contributed by atoms with Crippen LogP contribution in [0.5, 0.6) is 0 Å². The van der Waals surface area contributed by atoms with E-state index in [4.69, 9.17) is 4.74 Å². The lowest BCUT2D eigenvalue weighted by atomic mass is 9.84. The fourth-order valence-corrected chi connectivity index (χ4v) is 4.24. The number of carbonyl (C=O) groups is 1. The lowest BCUT2D eigenvalue weighted by Crippen LogP contribution is -2.42. The molecule has 0 aromatic heterocycles. The third-order valence-electron chi connectivity index (χ3n) is 6.07. The molecule has 1 atom stereocenters. The molecule has 0 saturated carbocycles.